The molecule has 0 fully saturated rings. The van der Waals surface area contributed by atoms with E-state index in [1.165, 1.54) is 12.3 Å². The molecule has 0 radical (unpaired) electrons. The summed E-state index contributed by atoms with van der Waals surface area (Å²) in [5.41, 5.74) is -0.408. The van der Waals surface area contributed by atoms with Crippen molar-refractivity contribution in [3.05, 3.63) is 23.9 Å². The normalized spacial score (nSPS) is 11.2. The minimum absolute atomic E-state index is 0.408. The topological polar surface area (TPSA) is 93.6 Å². The Morgan fingerprint density at radius 1 is 1.57 bits per heavy atom. The third kappa shape index (κ3) is 1.88. The molecule has 0 aliphatic heterocycles. The van der Waals surface area contributed by atoms with Gasteiger partial charge in [-0.05, 0) is 12.1 Å². The van der Waals surface area contributed by atoms with E-state index in [-0.39, 0.29) is 0 Å². The van der Waals surface area contributed by atoms with Gasteiger partial charge in [0.05, 0.1) is 12.7 Å². The van der Waals surface area contributed by atoms with Crippen molar-refractivity contribution < 1.29 is 22.5 Å². The first kappa shape index (κ1) is 10.6. The fourth-order valence-electron chi connectivity index (χ4n) is 0.832. The summed E-state index contributed by atoms with van der Waals surface area (Å²) in [6.45, 7) is 0. The molecule has 1 N–H and O–H groups in total. The van der Waals surface area contributed by atoms with Crippen molar-refractivity contribution in [2.75, 3.05) is 7.11 Å². The van der Waals surface area contributed by atoms with E-state index in [1.807, 2.05) is 0 Å². The van der Waals surface area contributed by atoms with Gasteiger partial charge in [-0.3, -0.25) is 4.18 Å². The van der Waals surface area contributed by atoms with Crippen molar-refractivity contribution in [3.8, 4) is 0 Å². The van der Waals surface area contributed by atoms with Crippen LogP contribution in [0.1, 0.15) is 10.4 Å². The van der Waals surface area contributed by atoms with Crippen LogP contribution in [0.4, 0.5) is 0 Å². The van der Waals surface area contributed by atoms with Crippen molar-refractivity contribution in [1.29, 1.82) is 0 Å². The summed E-state index contributed by atoms with van der Waals surface area (Å²) in [6.07, 6.45) is 1.18. The van der Waals surface area contributed by atoms with E-state index in [1.54, 1.807) is 0 Å². The molecule has 0 aliphatic rings. The molecule has 14 heavy (non-hydrogen) atoms. The van der Waals surface area contributed by atoms with Gasteiger partial charge in [0.25, 0.3) is 0 Å². The Balaban J connectivity index is 3.42. The Bertz CT molecular complexity index is 453. The molecule has 0 saturated carbocycles. The van der Waals surface area contributed by atoms with Crippen LogP contribution in [0.3, 0.4) is 0 Å². The average molecular weight is 217 g/mol. The summed E-state index contributed by atoms with van der Waals surface area (Å²) < 4.78 is 26.5. The molecular formula is C7H7NO5S. The summed E-state index contributed by atoms with van der Waals surface area (Å²) in [5, 5.41) is 8.08. The number of carboxylic acids is 1. The maximum Gasteiger partial charge on any atom is 0.338 e. The van der Waals surface area contributed by atoms with Crippen molar-refractivity contribution in [1.82, 2.24) is 4.98 Å². The number of hydrogen-bond acceptors (Lipinski definition) is 5. The zero-order valence-corrected chi connectivity index (χ0v) is 7.98. The second-order valence-electron chi connectivity index (χ2n) is 2.28. The molecule has 0 bridgehead atoms. The molecule has 0 aromatic carbocycles. The van der Waals surface area contributed by atoms with Crippen LogP contribution in [0.25, 0.3) is 0 Å². The minimum atomic E-state index is -4.07. The van der Waals surface area contributed by atoms with E-state index in [0.717, 1.165) is 13.2 Å². The second-order valence-corrected chi connectivity index (χ2v) is 3.91. The number of carbonyl (C=O) groups is 1. The molecular weight excluding hydrogens is 210 g/mol. The van der Waals surface area contributed by atoms with Crippen molar-refractivity contribution in [3.63, 3.8) is 0 Å². The summed E-state index contributed by atoms with van der Waals surface area (Å²) in [4.78, 5) is 14.1. The number of aromatic carboxylic acids is 1. The first-order valence-electron chi connectivity index (χ1n) is 3.48. The molecule has 0 unspecified atom stereocenters. The lowest BCUT2D eigenvalue weighted by atomic mass is 10.3. The highest BCUT2D eigenvalue weighted by atomic mass is 32.2. The highest BCUT2D eigenvalue weighted by Gasteiger charge is 2.22. The van der Waals surface area contributed by atoms with Gasteiger partial charge in [-0.15, -0.1) is 0 Å². The average Bonchev–Trinajstić information content (AvgIpc) is 2.18. The lowest BCUT2D eigenvalue weighted by molar-refractivity contribution is 0.0691. The number of hydrogen-bond donors (Lipinski definition) is 1. The van der Waals surface area contributed by atoms with E-state index < -0.39 is 26.7 Å². The molecule has 0 amide bonds. The number of pyridine rings is 1. The van der Waals surface area contributed by atoms with Crippen molar-refractivity contribution >= 4 is 16.1 Å². The maximum atomic E-state index is 11.2. The van der Waals surface area contributed by atoms with Gasteiger partial charge in [-0.2, -0.15) is 8.42 Å². The predicted molar refractivity (Wildman–Crippen MR) is 45.4 cm³/mol. The Hall–Kier alpha value is -1.47. The summed E-state index contributed by atoms with van der Waals surface area (Å²) >= 11 is 0. The summed E-state index contributed by atoms with van der Waals surface area (Å²) in [5.74, 6) is -1.37. The van der Waals surface area contributed by atoms with Gasteiger partial charge in [0.15, 0.2) is 5.03 Å². The van der Waals surface area contributed by atoms with Crippen LogP contribution in [-0.4, -0.2) is 31.6 Å². The Morgan fingerprint density at radius 3 is 2.71 bits per heavy atom. The molecule has 1 heterocycles. The summed E-state index contributed by atoms with van der Waals surface area (Å²) in [6, 6.07) is 2.47. The van der Waals surface area contributed by atoms with Crippen LogP contribution in [0.5, 0.6) is 0 Å². The van der Waals surface area contributed by atoms with Crippen LogP contribution in [0, 0.1) is 0 Å². The lowest BCUT2D eigenvalue weighted by Crippen LogP contribution is -2.12. The largest absolute Gasteiger partial charge is 0.478 e. The smallest absolute Gasteiger partial charge is 0.338 e. The number of nitrogens with zero attached hydrogens (tertiary/aromatic N) is 1. The second kappa shape index (κ2) is 3.72. The highest BCUT2D eigenvalue weighted by Crippen LogP contribution is 2.13. The third-order valence-electron chi connectivity index (χ3n) is 1.46. The fourth-order valence-corrected chi connectivity index (χ4v) is 1.60. The monoisotopic (exact) mass is 217 g/mol. The first-order valence-corrected chi connectivity index (χ1v) is 4.89. The molecule has 1 aromatic rings. The Morgan fingerprint density at radius 2 is 2.21 bits per heavy atom. The standard InChI is InChI=1S/C7H7NO5S/c1-13-14(11,12)6-5(7(9)10)3-2-4-8-6/h2-4H,1H3,(H,9,10). The molecule has 0 saturated heterocycles. The van der Waals surface area contributed by atoms with Crippen LogP contribution in [0.15, 0.2) is 23.4 Å². The zero-order valence-electron chi connectivity index (χ0n) is 7.17. The molecule has 6 nitrogen and oxygen atoms in total. The number of carboxylic acid groups (broad SMARTS) is 1. The van der Waals surface area contributed by atoms with Gasteiger partial charge in [-0.25, -0.2) is 9.78 Å². The molecule has 1 aromatic heterocycles. The highest BCUT2D eigenvalue weighted by molar-refractivity contribution is 7.86. The van der Waals surface area contributed by atoms with Gasteiger partial charge in [-0.1, -0.05) is 0 Å². The third-order valence-corrected chi connectivity index (χ3v) is 2.70. The molecule has 76 valence electrons. The van der Waals surface area contributed by atoms with E-state index >= 15 is 0 Å². The van der Waals surface area contributed by atoms with E-state index in [0.29, 0.717) is 0 Å². The SMILES string of the molecule is COS(=O)(=O)c1ncccc1C(=O)O. The van der Waals surface area contributed by atoms with Gasteiger partial charge in [0.1, 0.15) is 0 Å². The van der Waals surface area contributed by atoms with Crippen LogP contribution in [0.2, 0.25) is 0 Å². The molecule has 0 atom stereocenters. The summed E-state index contributed by atoms with van der Waals surface area (Å²) in [7, 11) is -3.13. The Labute approximate surface area is 80.3 Å². The fraction of sp³-hybridized carbons (Fsp3) is 0.143. The maximum absolute atomic E-state index is 11.2. The number of aromatic nitrogens is 1. The van der Waals surface area contributed by atoms with Gasteiger partial charge in [0, 0.05) is 6.20 Å². The molecule has 0 aliphatic carbocycles. The van der Waals surface area contributed by atoms with E-state index in [2.05, 4.69) is 9.17 Å². The van der Waals surface area contributed by atoms with E-state index in [4.69, 9.17) is 5.11 Å². The van der Waals surface area contributed by atoms with Crippen LogP contribution >= 0.6 is 0 Å². The van der Waals surface area contributed by atoms with Gasteiger partial charge in [0.2, 0.25) is 0 Å². The molecule has 1 rings (SSSR count). The van der Waals surface area contributed by atoms with E-state index in [9.17, 15) is 13.2 Å². The first-order chi connectivity index (χ1) is 6.49. The van der Waals surface area contributed by atoms with Gasteiger partial charge < -0.3 is 5.11 Å². The van der Waals surface area contributed by atoms with Crippen LogP contribution in [-0.2, 0) is 14.3 Å². The Kier molecular flexibility index (Phi) is 2.82. The quantitative estimate of drug-likeness (QED) is 0.722. The molecule has 7 heteroatoms. The van der Waals surface area contributed by atoms with Crippen molar-refractivity contribution in [2.45, 2.75) is 5.03 Å². The lowest BCUT2D eigenvalue weighted by Gasteiger charge is -2.02. The van der Waals surface area contributed by atoms with Crippen LogP contribution < -0.4 is 0 Å². The number of rotatable bonds is 3. The predicted octanol–water partition coefficient (Wildman–Crippen LogP) is 0.115. The molecule has 0 spiro atoms. The van der Waals surface area contributed by atoms with Crippen molar-refractivity contribution in [2.24, 2.45) is 0 Å². The van der Waals surface area contributed by atoms with Gasteiger partial charge >= 0.3 is 16.1 Å². The zero-order chi connectivity index (χ0) is 10.8. The minimum Gasteiger partial charge on any atom is -0.478 e.